The number of fused-ring (bicyclic) bond motifs is 1. The highest BCUT2D eigenvalue weighted by Crippen LogP contribution is 2.30. The number of aromatic nitrogens is 2. The van der Waals surface area contributed by atoms with Crippen molar-refractivity contribution in [2.24, 2.45) is 5.92 Å². The highest BCUT2D eigenvalue weighted by atomic mass is 32.2. The van der Waals surface area contributed by atoms with E-state index in [9.17, 15) is 12.8 Å². The van der Waals surface area contributed by atoms with Crippen LogP contribution in [0.4, 0.5) is 9.52 Å². The van der Waals surface area contributed by atoms with Crippen LogP contribution in [0, 0.1) is 11.7 Å². The van der Waals surface area contributed by atoms with Gasteiger partial charge in [0.05, 0.1) is 16.1 Å². The molecular weight excluding hydrogens is 363 g/mol. The van der Waals surface area contributed by atoms with Crippen LogP contribution in [-0.4, -0.2) is 36.2 Å². The zero-order chi connectivity index (χ0) is 18.0. The second kappa shape index (κ2) is 7.51. The number of sulfonamides is 1. The number of hydrogen-bond acceptors (Lipinski definition) is 6. The van der Waals surface area contributed by atoms with E-state index in [-0.39, 0.29) is 5.82 Å². The maximum atomic E-state index is 13.2. The van der Waals surface area contributed by atoms with E-state index in [0.717, 1.165) is 35.5 Å². The molecule has 138 valence electrons. The summed E-state index contributed by atoms with van der Waals surface area (Å²) in [6.45, 7) is 3.88. The minimum atomic E-state index is -3.19. The highest BCUT2D eigenvalue weighted by Gasteiger charge is 2.24. The number of thiazole rings is 1. The van der Waals surface area contributed by atoms with Crippen LogP contribution >= 0.6 is 11.3 Å². The SMILES string of the molecule is CC(C)S(=O)(=O)NCC1CCC(Nc2nc3ncc(F)cc3s2)CC1. The fraction of sp³-hybridized carbons (Fsp3) is 0.625. The van der Waals surface area contributed by atoms with Crippen LogP contribution in [0.5, 0.6) is 0 Å². The Kier molecular flexibility index (Phi) is 5.55. The van der Waals surface area contributed by atoms with Crippen LogP contribution in [-0.2, 0) is 10.0 Å². The molecule has 0 aromatic carbocycles. The summed E-state index contributed by atoms with van der Waals surface area (Å²) in [5.74, 6) is 0.0183. The first-order chi connectivity index (χ1) is 11.8. The van der Waals surface area contributed by atoms with Gasteiger partial charge in [-0.1, -0.05) is 11.3 Å². The first kappa shape index (κ1) is 18.5. The largest absolute Gasteiger partial charge is 0.359 e. The molecule has 2 N–H and O–H groups in total. The van der Waals surface area contributed by atoms with E-state index >= 15 is 0 Å². The average Bonchev–Trinajstić information content (AvgIpc) is 2.95. The molecule has 0 bridgehead atoms. The van der Waals surface area contributed by atoms with Crippen LogP contribution in [0.3, 0.4) is 0 Å². The Morgan fingerprint density at radius 2 is 2.04 bits per heavy atom. The number of nitrogens with one attached hydrogen (secondary N) is 2. The van der Waals surface area contributed by atoms with Crippen molar-refractivity contribution in [1.29, 1.82) is 0 Å². The van der Waals surface area contributed by atoms with Crippen LogP contribution < -0.4 is 10.0 Å². The van der Waals surface area contributed by atoms with Gasteiger partial charge in [-0.3, -0.25) is 0 Å². The Morgan fingerprint density at radius 3 is 2.72 bits per heavy atom. The molecule has 0 radical (unpaired) electrons. The molecule has 2 heterocycles. The van der Waals surface area contributed by atoms with Gasteiger partial charge in [-0.2, -0.15) is 0 Å². The first-order valence-corrected chi connectivity index (χ1v) is 10.9. The summed E-state index contributed by atoms with van der Waals surface area (Å²) in [5.41, 5.74) is 0.561. The van der Waals surface area contributed by atoms with Gasteiger partial charge in [0.15, 0.2) is 10.8 Å². The van der Waals surface area contributed by atoms with Crippen molar-refractivity contribution in [3.63, 3.8) is 0 Å². The number of anilines is 1. The lowest BCUT2D eigenvalue weighted by Crippen LogP contribution is -2.37. The van der Waals surface area contributed by atoms with E-state index in [1.165, 1.54) is 23.6 Å². The number of pyridine rings is 1. The van der Waals surface area contributed by atoms with Crippen molar-refractivity contribution >= 4 is 36.8 Å². The molecule has 6 nitrogen and oxygen atoms in total. The lowest BCUT2D eigenvalue weighted by Gasteiger charge is -2.29. The van der Waals surface area contributed by atoms with E-state index in [0.29, 0.717) is 24.2 Å². The fourth-order valence-electron chi connectivity index (χ4n) is 2.94. The molecule has 2 aromatic rings. The topological polar surface area (TPSA) is 84.0 Å². The first-order valence-electron chi connectivity index (χ1n) is 8.50. The summed E-state index contributed by atoms with van der Waals surface area (Å²) in [5, 5.41) is 3.77. The Balaban J connectivity index is 1.50. The molecule has 1 saturated carbocycles. The Morgan fingerprint density at radius 1 is 1.32 bits per heavy atom. The van der Waals surface area contributed by atoms with Crippen LogP contribution in [0.1, 0.15) is 39.5 Å². The number of nitrogens with zero attached hydrogens (tertiary/aromatic N) is 2. The summed E-state index contributed by atoms with van der Waals surface area (Å²) >= 11 is 1.41. The third-order valence-corrected chi connectivity index (χ3v) is 7.31. The molecule has 0 saturated heterocycles. The number of hydrogen-bond donors (Lipinski definition) is 2. The zero-order valence-corrected chi connectivity index (χ0v) is 16.0. The number of rotatable bonds is 6. The lowest BCUT2D eigenvalue weighted by atomic mass is 9.86. The molecule has 0 unspecified atom stereocenters. The van der Waals surface area contributed by atoms with Gasteiger partial charge in [-0.25, -0.2) is 27.5 Å². The summed E-state index contributed by atoms with van der Waals surface area (Å²) in [6.07, 6.45) is 5.04. The number of halogens is 1. The summed E-state index contributed by atoms with van der Waals surface area (Å²) in [6, 6.07) is 1.76. The van der Waals surface area contributed by atoms with E-state index in [2.05, 4.69) is 20.0 Å². The molecular formula is C16H23FN4O2S2. The molecule has 0 aliphatic heterocycles. The molecule has 3 rings (SSSR count). The van der Waals surface area contributed by atoms with Crippen LogP contribution in [0.15, 0.2) is 12.3 Å². The van der Waals surface area contributed by atoms with E-state index in [1.54, 1.807) is 13.8 Å². The summed E-state index contributed by atoms with van der Waals surface area (Å²) in [7, 11) is -3.19. The smallest absolute Gasteiger partial charge is 0.213 e. The molecule has 0 atom stereocenters. The predicted molar refractivity (Wildman–Crippen MR) is 98.8 cm³/mol. The van der Waals surface area contributed by atoms with Crippen LogP contribution in [0.2, 0.25) is 0 Å². The monoisotopic (exact) mass is 386 g/mol. The average molecular weight is 387 g/mol. The van der Waals surface area contributed by atoms with Crippen molar-refractivity contribution in [3.05, 3.63) is 18.1 Å². The highest BCUT2D eigenvalue weighted by molar-refractivity contribution is 7.90. The molecule has 1 fully saturated rings. The van der Waals surface area contributed by atoms with Crippen LogP contribution in [0.25, 0.3) is 10.3 Å². The van der Waals surface area contributed by atoms with E-state index in [4.69, 9.17) is 0 Å². The van der Waals surface area contributed by atoms with Gasteiger partial charge in [0.25, 0.3) is 0 Å². The van der Waals surface area contributed by atoms with Gasteiger partial charge < -0.3 is 5.32 Å². The molecule has 2 aromatic heterocycles. The molecule has 9 heteroatoms. The van der Waals surface area contributed by atoms with Crippen molar-refractivity contribution in [2.75, 3.05) is 11.9 Å². The quantitative estimate of drug-likeness (QED) is 0.797. The van der Waals surface area contributed by atoms with Crippen molar-refractivity contribution in [1.82, 2.24) is 14.7 Å². The van der Waals surface area contributed by atoms with Gasteiger partial charge in [0.2, 0.25) is 10.0 Å². The molecule has 0 spiro atoms. The molecule has 0 amide bonds. The third-order valence-electron chi connectivity index (χ3n) is 4.58. The minimum Gasteiger partial charge on any atom is -0.359 e. The van der Waals surface area contributed by atoms with Crippen molar-refractivity contribution in [2.45, 2.75) is 50.8 Å². The second-order valence-corrected chi connectivity index (χ2v) is 10.2. The predicted octanol–water partition coefficient (Wildman–Crippen LogP) is 3.13. The zero-order valence-electron chi connectivity index (χ0n) is 14.3. The summed E-state index contributed by atoms with van der Waals surface area (Å²) in [4.78, 5) is 8.38. The van der Waals surface area contributed by atoms with E-state index < -0.39 is 15.3 Å². The normalized spacial score (nSPS) is 21.8. The van der Waals surface area contributed by atoms with Gasteiger partial charge in [0.1, 0.15) is 5.82 Å². The Hall–Kier alpha value is -1.32. The third kappa shape index (κ3) is 4.65. The minimum absolute atomic E-state index is 0.309. The van der Waals surface area contributed by atoms with E-state index in [1.807, 2.05) is 0 Å². The molecule has 25 heavy (non-hydrogen) atoms. The standard InChI is InChI=1S/C16H23FN4O2S2/c1-10(2)25(22,23)19-8-11-3-5-13(6-4-11)20-16-21-15-14(24-16)7-12(17)9-18-15/h7,9-11,13,19H,3-6,8H2,1-2H3,(H,18,20,21). The van der Waals surface area contributed by atoms with Crippen molar-refractivity contribution < 1.29 is 12.8 Å². The molecule has 1 aliphatic carbocycles. The van der Waals surface area contributed by atoms with Crippen molar-refractivity contribution in [3.8, 4) is 0 Å². The lowest BCUT2D eigenvalue weighted by molar-refractivity contribution is 0.337. The van der Waals surface area contributed by atoms with Gasteiger partial charge in [-0.05, 0) is 51.5 Å². The maximum absolute atomic E-state index is 13.2. The molecule has 1 aliphatic rings. The maximum Gasteiger partial charge on any atom is 0.213 e. The van der Waals surface area contributed by atoms with Gasteiger partial charge >= 0.3 is 0 Å². The Bertz CT molecular complexity index is 830. The second-order valence-electron chi connectivity index (χ2n) is 6.80. The van der Waals surface area contributed by atoms with Gasteiger partial charge in [-0.15, -0.1) is 0 Å². The Labute approximate surface area is 151 Å². The van der Waals surface area contributed by atoms with Gasteiger partial charge in [0, 0.05) is 12.6 Å². The fourth-order valence-corrected chi connectivity index (χ4v) is 4.67. The summed E-state index contributed by atoms with van der Waals surface area (Å²) < 4.78 is 40.3.